The Morgan fingerprint density at radius 1 is 1.05 bits per heavy atom. The molecule has 2 aliphatic carbocycles. The van der Waals surface area contributed by atoms with Crippen LogP contribution in [-0.2, 0) is 9.59 Å². The van der Waals surface area contributed by atoms with Crippen molar-refractivity contribution in [2.45, 2.75) is 89.3 Å². The molecule has 1 unspecified atom stereocenters. The van der Waals surface area contributed by atoms with Gasteiger partial charge in [-0.1, -0.05) is 46.0 Å². The Morgan fingerprint density at radius 3 is 2.24 bits per heavy atom. The molecule has 21 heavy (non-hydrogen) atoms. The van der Waals surface area contributed by atoms with Crippen LogP contribution >= 0.6 is 0 Å². The van der Waals surface area contributed by atoms with Gasteiger partial charge < -0.3 is 10.2 Å². The highest BCUT2D eigenvalue weighted by Gasteiger charge is 2.56. The molecule has 0 aromatic heterocycles. The predicted molar refractivity (Wildman–Crippen MR) is 81.7 cm³/mol. The Hall–Kier alpha value is -1.06. The molecule has 3 fully saturated rings. The highest BCUT2D eigenvalue weighted by Crippen LogP contribution is 2.42. The number of nitrogens with zero attached hydrogens (tertiary/aromatic N) is 1. The van der Waals surface area contributed by atoms with Gasteiger partial charge in [0.25, 0.3) is 0 Å². The number of hydrogen-bond acceptors (Lipinski definition) is 2. The van der Waals surface area contributed by atoms with Crippen molar-refractivity contribution < 1.29 is 9.59 Å². The lowest BCUT2D eigenvalue weighted by atomic mass is 9.82. The topological polar surface area (TPSA) is 49.4 Å². The lowest BCUT2D eigenvalue weighted by Crippen LogP contribution is -2.72. The van der Waals surface area contributed by atoms with Gasteiger partial charge in [0.05, 0.1) is 0 Å². The number of amides is 2. The van der Waals surface area contributed by atoms with Crippen LogP contribution in [-0.4, -0.2) is 34.3 Å². The maximum absolute atomic E-state index is 13.1. The average molecular weight is 292 g/mol. The van der Waals surface area contributed by atoms with E-state index in [1.165, 1.54) is 19.3 Å². The van der Waals surface area contributed by atoms with E-state index in [4.69, 9.17) is 0 Å². The van der Waals surface area contributed by atoms with E-state index in [0.717, 1.165) is 38.5 Å². The number of piperazine rings is 1. The first-order valence-electron chi connectivity index (χ1n) is 8.70. The van der Waals surface area contributed by atoms with Crippen molar-refractivity contribution in [1.29, 1.82) is 0 Å². The Morgan fingerprint density at radius 2 is 1.67 bits per heavy atom. The van der Waals surface area contributed by atoms with E-state index < -0.39 is 5.54 Å². The number of carbonyl (C=O) groups excluding carboxylic acids is 2. The zero-order chi connectivity index (χ0) is 15.0. The summed E-state index contributed by atoms with van der Waals surface area (Å²) in [5.41, 5.74) is -0.523. The third-order valence-electron chi connectivity index (χ3n) is 5.71. The third kappa shape index (κ3) is 2.36. The first kappa shape index (κ1) is 14.9. The van der Waals surface area contributed by atoms with Gasteiger partial charge in [0.2, 0.25) is 11.8 Å². The van der Waals surface area contributed by atoms with Crippen LogP contribution < -0.4 is 5.32 Å². The Kier molecular flexibility index (Phi) is 3.98. The summed E-state index contributed by atoms with van der Waals surface area (Å²) < 4.78 is 0. The molecular weight excluding hydrogens is 264 g/mol. The summed E-state index contributed by atoms with van der Waals surface area (Å²) in [5, 5.41) is 3.04. The van der Waals surface area contributed by atoms with E-state index in [-0.39, 0.29) is 29.8 Å². The van der Waals surface area contributed by atoms with E-state index in [9.17, 15) is 9.59 Å². The van der Waals surface area contributed by atoms with Gasteiger partial charge in [-0.25, -0.2) is 0 Å². The highest BCUT2D eigenvalue weighted by molar-refractivity contribution is 6.00. The van der Waals surface area contributed by atoms with Crippen molar-refractivity contribution in [2.75, 3.05) is 0 Å². The Labute approximate surface area is 127 Å². The maximum atomic E-state index is 13.1. The minimum absolute atomic E-state index is 0.115. The van der Waals surface area contributed by atoms with Gasteiger partial charge in [-0.3, -0.25) is 9.59 Å². The molecule has 3 rings (SSSR count). The van der Waals surface area contributed by atoms with Crippen molar-refractivity contribution in [3.8, 4) is 0 Å². The summed E-state index contributed by atoms with van der Waals surface area (Å²) in [6, 6.07) is -0.0395. The molecule has 1 spiro atoms. The number of carbonyl (C=O) groups is 2. The minimum atomic E-state index is -0.523. The normalized spacial score (nSPS) is 30.2. The highest BCUT2D eigenvalue weighted by atomic mass is 16.2. The summed E-state index contributed by atoms with van der Waals surface area (Å²) in [7, 11) is 0. The molecule has 2 saturated carbocycles. The molecule has 0 bridgehead atoms. The standard InChI is InChI=1S/C17H28N2O2/c1-12(2)14-15(20)19(13-8-4-3-5-9-13)17(16(21)18-14)10-6-7-11-17/h12-14H,3-11H2,1-2H3,(H,18,21). The second-order valence-electron chi connectivity index (χ2n) is 7.43. The summed E-state index contributed by atoms with van der Waals surface area (Å²) in [6.45, 7) is 4.04. The molecule has 1 heterocycles. The van der Waals surface area contributed by atoms with Gasteiger partial charge in [0.15, 0.2) is 0 Å². The first-order chi connectivity index (χ1) is 10.1. The van der Waals surface area contributed by atoms with Crippen LogP contribution in [0.15, 0.2) is 0 Å². The van der Waals surface area contributed by atoms with Crippen LogP contribution in [0.1, 0.15) is 71.6 Å². The predicted octanol–water partition coefficient (Wildman–Crippen LogP) is 2.61. The quantitative estimate of drug-likeness (QED) is 0.850. The zero-order valence-electron chi connectivity index (χ0n) is 13.4. The molecule has 0 aromatic carbocycles. The smallest absolute Gasteiger partial charge is 0.246 e. The number of nitrogens with one attached hydrogen (secondary N) is 1. The molecule has 4 heteroatoms. The molecule has 2 amide bonds. The van der Waals surface area contributed by atoms with Crippen molar-refractivity contribution in [3.63, 3.8) is 0 Å². The van der Waals surface area contributed by atoms with Gasteiger partial charge in [-0.15, -0.1) is 0 Å². The fourth-order valence-corrected chi connectivity index (χ4v) is 4.56. The fourth-order valence-electron chi connectivity index (χ4n) is 4.56. The van der Waals surface area contributed by atoms with Gasteiger partial charge in [0.1, 0.15) is 11.6 Å². The summed E-state index contributed by atoms with van der Waals surface area (Å²) in [4.78, 5) is 28.0. The van der Waals surface area contributed by atoms with Gasteiger partial charge in [0, 0.05) is 6.04 Å². The van der Waals surface area contributed by atoms with Crippen LogP contribution in [0.2, 0.25) is 0 Å². The number of hydrogen-bond donors (Lipinski definition) is 1. The van der Waals surface area contributed by atoms with E-state index in [1.807, 2.05) is 13.8 Å². The molecule has 1 atom stereocenters. The zero-order valence-corrected chi connectivity index (χ0v) is 13.4. The summed E-state index contributed by atoms with van der Waals surface area (Å²) in [5.74, 6) is 0.452. The Bertz CT molecular complexity index is 421. The minimum Gasteiger partial charge on any atom is -0.342 e. The van der Waals surface area contributed by atoms with Crippen molar-refractivity contribution >= 4 is 11.8 Å². The van der Waals surface area contributed by atoms with E-state index in [0.29, 0.717) is 0 Å². The summed E-state index contributed by atoms with van der Waals surface area (Å²) >= 11 is 0. The van der Waals surface area contributed by atoms with Gasteiger partial charge >= 0.3 is 0 Å². The first-order valence-corrected chi connectivity index (χ1v) is 8.70. The molecule has 1 N–H and O–H groups in total. The van der Waals surface area contributed by atoms with E-state index in [1.54, 1.807) is 0 Å². The molecule has 1 aliphatic heterocycles. The second-order valence-corrected chi connectivity index (χ2v) is 7.43. The molecule has 0 aromatic rings. The van der Waals surface area contributed by atoms with Crippen molar-refractivity contribution in [2.24, 2.45) is 5.92 Å². The van der Waals surface area contributed by atoms with Gasteiger partial charge in [-0.2, -0.15) is 0 Å². The fraction of sp³-hybridized carbons (Fsp3) is 0.882. The SMILES string of the molecule is CC(C)C1NC(=O)C2(CCCC2)N(C2CCCCC2)C1=O. The van der Waals surface area contributed by atoms with Crippen LogP contribution in [0.5, 0.6) is 0 Å². The lowest BCUT2D eigenvalue weighted by Gasteiger charge is -2.51. The van der Waals surface area contributed by atoms with Crippen LogP contribution in [0.25, 0.3) is 0 Å². The van der Waals surface area contributed by atoms with Crippen LogP contribution in [0.3, 0.4) is 0 Å². The molecule has 4 nitrogen and oxygen atoms in total. The average Bonchev–Trinajstić information content (AvgIpc) is 2.94. The summed E-state index contributed by atoms with van der Waals surface area (Å²) in [6.07, 6.45) is 9.64. The van der Waals surface area contributed by atoms with Gasteiger partial charge in [-0.05, 0) is 31.6 Å². The maximum Gasteiger partial charge on any atom is 0.246 e. The Balaban J connectivity index is 1.94. The van der Waals surface area contributed by atoms with Crippen LogP contribution in [0.4, 0.5) is 0 Å². The lowest BCUT2D eigenvalue weighted by molar-refractivity contribution is -0.163. The molecule has 0 radical (unpaired) electrons. The second kappa shape index (κ2) is 5.62. The molecular formula is C17H28N2O2. The molecule has 3 aliphatic rings. The van der Waals surface area contributed by atoms with E-state index in [2.05, 4.69) is 10.2 Å². The van der Waals surface area contributed by atoms with Crippen molar-refractivity contribution in [3.05, 3.63) is 0 Å². The third-order valence-corrected chi connectivity index (χ3v) is 5.71. The van der Waals surface area contributed by atoms with E-state index >= 15 is 0 Å². The number of rotatable bonds is 2. The van der Waals surface area contributed by atoms with Crippen molar-refractivity contribution in [1.82, 2.24) is 10.2 Å². The molecule has 118 valence electrons. The largest absolute Gasteiger partial charge is 0.342 e. The van der Waals surface area contributed by atoms with Crippen LogP contribution in [0, 0.1) is 5.92 Å². The molecule has 1 saturated heterocycles. The monoisotopic (exact) mass is 292 g/mol.